The molecule has 0 aliphatic carbocycles. The van der Waals surface area contributed by atoms with E-state index in [9.17, 15) is 9.59 Å². The summed E-state index contributed by atoms with van der Waals surface area (Å²) in [4.78, 5) is 23.2. The van der Waals surface area contributed by atoms with Crippen molar-refractivity contribution >= 4 is 17.8 Å². The molecular weight excluding hydrogens is 200 g/mol. The number of ether oxygens (including phenoxy) is 1. The van der Waals surface area contributed by atoms with Crippen LogP contribution in [0.3, 0.4) is 0 Å². The molecule has 1 fully saturated rings. The van der Waals surface area contributed by atoms with E-state index >= 15 is 0 Å². The van der Waals surface area contributed by atoms with Crippen molar-refractivity contribution in [3.63, 3.8) is 0 Å². The Labute approximate surface area is 87.2 Å². The number of carbonyl (C=O) groups is 2. The van der Waals surface area contributed by atoms with Crippen molar-refractivity contribution < 1.29 is 14.3 Å². The number of amides is 3. The summed E-state index contributed by atoms with van der Waals surface area (Å²) in [6.45, 7) is 3.02. The van der Waals surface area contributed by atoms with Crippen LogP contribution in [0, 0.1) is 0 Å². The summed E-state index contributed by atoms with van der Waals surface area (Å²) in [6.07, 6.45) is 0.265. The Morgan fingerprint density at radius 1 is 1.67 bits per heavy atom. The second-order valence-corrected chi connectivity index (χ2v) is 3.02. The number of nitrogens with zero attached hydrogens (tertiary/aromatic N) is 2. The van der Waals surface area contributed by atoms with E-state index in [0.717, 1.165) is 0 Å². The molecule has 3 N–H and O–H groups in total. The molecule has 84 valence electrons. The van der Waals surface area contributed by atoms with Gasteiger partial charge in [0, 0.05) is 13.0 Å². The highest BCUT2D eigenvalue weighted by Crippen LogP contribution is 2.07. The van der Waals surface area contributed by atoms with Gasteiger partial charge in [-0.3, -0.25) is 0 Å². The van der Waals surface area contributed by atoms with Gasteiger partial charge in [0.05, 0.1) is 18.9 Å². The molecule has 0 aromatic rings. The fourth-order valence-electron chi connectivity index (χ4n) is 1.24. The Morgan fingerprint density at radius 3 is 3.00 bits per heavy atom. The van der Waals surface area contributed by atoms with Crippen molar-refractivity contribution in [1.29, 1.82) is 0 Å². The van der Waals surface area contributed by atoms with Crippen molar-refractivity contribution in [2.45, 2.75) is 13.3 Å². The van der Waals surface area contributed by atoms with Crippen LogP contribution < -0.4 is 11.2 Å². The number of hydrazone groups is 1. The van der Waals surface area contributed by atoms with Crippen LogP contribution in [0.4, 0.5) is 9.59 Å². The largest absolute Gasteiger partial charge is 0.450 e. The lowest BCUT2D eigenvalue weighted by Crippen LogP contribution is -2.30. The molecule has 7 nitrogen and oxygen atoms in total. The molecule has 0 aromatic carbocycles. The maximum Gasteiger partial charge on any atom is 0.410 e. The van der Waals surface area contributed by atoms with Gasteiger partial charge in [-0.25, -0.2) is 15.0 Å². The number of urea groups is 1. The first-order valence-corrected chi connectivity index (χ1v) is 4.66. The minimum atomic E-state index is -0.711. The molecule has 1 aliphatic heterocycles. The molecule has 1 saturated heterocycles. The number of nitrogens with two attached hydrogens (primary N) is 1. The Balaban J connectivity index is 2.41. The maximum absolute atomic E-state index is 11.3. The highest BCUT2D eigenvalue weighted by molar-refractivity contribution is 5.92. The first-order chi connectivity index (χ1) is 7.13. The van der Waals surface area contributed by atoms with E-state index in [1.807, 2.05) is 0 Å². The second kappa shape index (κ2) is 5.18. The first-order valence-electron chi connectivity index (χ1n) is 4.66. The summed E-state index contributed by atoms with van der Waals surface area (Å²) < 4.78 is 4.82. The molecule has 0 aromatic heterocycles. The first kappa shape index (κ1) is 11.3. The monoisotopic (exact) mass is 214 g/mol. The molecule has 1 aliphatic rings. The predicted molar refractivity (Wildman–Crippen MR) is 53.4 cm³/mol. The van der Waals surface area contributed by atoms with Gasteiger partial charge in [-0.15, -0.1) is 0 Å². The maximum atomic E-state index is 11.3. The summed E-state index contributed by atoms with van der Waals surface area (Å²) in [5.41, 5.74) is 7.69. The van der Waals surface area contributed by atoms with E-state index in [0.29, 0.717) is 31.8 Å². The molecule has 0 atom stereocenters. The van der Waals surface area contributed by atoms with Crippen LogP contribution in [0.25, 0.3) is 0 Å². The molecule has 0 radical (unpaired) electrons. The number of hydrogen-bond donors (Lipinski definition) is 2. The lowest BCUT2D eigenvalue weighted by molar-refractivity contribution is 0.117. The topological polar surface area (TPSA) is 97.0 Å². The van der Waals surface area contributed by atoms with Crippen molar-refractivity contribution in [3.8, 4) is 0 Å². The van der Waals surface area contributed by atoms with Gasteiger partial charge < -0.3 is 15.4 Å². The number of primary amides is 1. The van der Waals surface area contributed by atoms with Crippen LogP contribution in [0.2, 0.25) is 0 Å². The van der Waals surface area contributed by atoms with Crippen LogP contribution >= 0.6 is 0 Å². The van der Waals surface area contributed by atoms with Gasteiger partial charge >= 0.3 is 12.1 Å². The summed E-state index contributed by atoms with van der Waals surface area (Å²) in [5.74, 6) is 0. The van der Waals surface area contributed by atoms with Crippen LogP contribution in [0.1, 0.15) is 13.3 Å². The standard InChI is InChI=1S/C8H14N4O3/c1-2-15-8(14)12-4-3-6(5-12)10-11-7(9)13/h2-5H2,1H3,(H3,9,11,13). The van der Waals surface area contributed by atoms with Crippen molar-refractivity contribution in [1.82, 2.24) is 10.3 Å². The lowest BCUT2D eigenvalue weighted by atomic mass is 10.3. The second-order valence-electron chi connectivity index (χ2n) is 3.02. The average Bonchev–Trinajstić information content (AvgIpc) is 2.63. The Bertz CT molecular complexity index is 290. The van der Waals surface area contributed by atoms with Crippen LogP contribution in [-0.2, 0) is 4.74 Å². The van der Waals surface area contributed by atoms with Crippen molar-refractivity contribution in [2.75, 3.05) is 19.7 Å². The average molecular weight is 214 g/mol. The van der Waals surface area contributed by atoms with E-state index in [-0.39, 0.29) is 6.09 Å². The fraction of sp³-hybridized carbons (Fsp3) is 0.625. The molecule has 1 rings (SSSR count). The summed E-state index contributed by atoms with van der Waals surface area (Å²) >= 11 is 0. The van der Waals surface area contributed by atoms with Crippen LogP contribution in [0.15, 0.2) is 5.10 Å². The Hall–Kier alpha value is -1.79. The third kappa shape index (κ3) is 3.45. The number of rotatable bonds is 2. The van der Waals surface area contributed by atoms with Gasteiger partial charge in [0.25, 0.3) is 0 Å². The van der Waals surface area contributed by atoms with Gasteiger partial charge in [-0.1, -0.05) is 0 Å². The third-order valence-electron chi connectivity index (χ3n) is 1.89. The summed E-state index contributed by atoms with van der Waals surface area (Å²) in [7, 11) is 0. The smallest absolute Gasteiger partial charge is 0.410 e. The number of nitrogens with one attached hydrogen (secondary N) is 1. The summed E-state index contributed by atoms with van der Waals surface area (Å²) in [6, 6.07) is -0.711. The normalized spacial score (nSPS) is 17.9. The number of likely N-dealkylation sites (tertiary alicyclic amines) is 1. The quantitative estimate of drug-likeness (QED) is 0.626. The fourth-order valence-corrected chi connectivity index (χ4v) is 1.24. The van der Waals surface area contributed by atoms with Gasteiger partial charge in [-0.05, 0) is 6.92 Å². The zero-order chi connectivity index (χ0) is 11.3. The molecule has 0 saturated carbocycles. The van der Waals surface area contributed by atoms with E-state index < -0.39 is 6.03 Å². The number of carbonyl (C=O) groups excluding carboxylic acids is 2. The molecule has 0 bridgehead atoms. The molecule has 0 unspecified atom stereocenters. The zero-order valence-electron chi connectivity index (χ0n) is 8.52. The predicted octanol–water partition coefficient (Wildman–Crippen LogP) is -0.127. The molecule has 7 heteroatoms. The molecule has 0 spiro atoms. The van der Waals surface area contributed by atoms with E-state index in [1.54, 1.807) is 6.92 Å². The highest BCUT2D eigenvalue weighted by atomic mass is 16.6. The third-order valence-corrected chi connectivity index (χ3v) is 1.89. The van der Waals surface area contributed by atoms with Gasteiger partial charge in [0.15, 0.2) is 0 Å². The van der Waals surface area contributed by atoms with Crippen molar-refractivity contribution in [2.24, 2.45) is 10.8 Å². The van der Waals surface area contributed by atoms with Crippen molar-refractivity contribution in [3.05, 3.63) is 0 Å². The van der Waals surface area contributed by atoms with Crippen LogP contribution in [-0.4, -0.2) is 42.4 Å². The molecule has 15 heavy (non-hydrogen) atoms. The minimum absolute atomic E-state index is 0.349. The van der Waals surface area contributed by atoms with E-state index in [2.05, 4.69) is 10.5 Å². The van der Waals surface area contributed by atoms with Crippen LogP contribution in [0.5, 0.6) is 0 Å². The SMILES string of the molecule is CCOC(=O)N1CCC(=NNC(N)=O)C1. The number of hydrogen-bond acceptors (Lipinski definition) is 4. The van der Waals surface area contributed by atoms with E-state index in [4.69, 9.17) is 10.5 Å². The summed E-state index contributed by atoms with van der Waals surface area (Å²) in [5, 5.41) is 3.76. The molecule has 3 amide bonds. The van der Waals surface area contributed by atoms with E-state index in [1.165, 1.54) is 4.90 Å². The Kier molecular flexibility index (Phi) is 3.90. The minimum Gasteiger partial charge on any atom is -0.450 e. The molecular formula is C8H14N4O3. The van der Waals surface area contributed by atoms with Gasteiger partial charge in [0.1, 0.15) is 0 Å². The van der Waals surface area contributed by atoms with Gasteiger partial charge in [-0.2, -0.15) is 5.10 Å². The lowest BCUT2D eigenvalue weighted by Gasteiger charge is -2.13. The van der Waals surface area contributed by atoms with Gasteiger partial charge in [0.2, 0.25) is 0 Å². The highest BCUT2D eigenvalue weighted by Gasteiger charge is 2.23. The zero-order valence-corrected chi connectivity index (χ0v) is 8.52. The molecule has 1 heterocycles. The Morgan fingerprint density at radius 2 is 2.40 bits per heavy atom.